The Balaban J connectivity index is 1.88. The van der Waals surface area contributed by atoms with Gasteiger partial charge >= 0.3 is 12.0 Å². The molecular weight excluding hydrogens is 258 g/mol. The van der Waals surface area contributed by atoms with E-state index in [1.807, 2.05) is 0 Å². The van der Waals surface area contributed by atoms with E-state index in [1.165, 1.54) is 0 Å². The number of nitrogens with zero attached hydrogens (tertiary/aromatic N) is 2. The molecule has 1 aliphatic carbocycles. The molecule has 2 amide bonds. The predicted octanol–water partition coefficient (Wildman–Crippen LogP) is 0.975. The highest BCUT2D eigenvalue weighted by atomic mass is 16.4. The van der Waals surface area contributed by atoms with Crippen LogP contribution in [0.3, 0.4) is 0 Å². The predicted molar refractivity (Wildman–Crippen MR) is 75.6 cm³/mol. The number of hydrogen-bond donors (Lipinski definition) is 2. The number of carboxylic acid groups (broad SMARTS) is 1. The van der Waals surface area contributed by atoms with Gasteiger partial charge in [0.05, 0.1) is 5.41 Å². The van der Waals surface area contributed by atoms with E-state index in [0.717, 1.165) is 6.42 Å². The summed E-state index contributed by atoms with van der Waals surface area (Å²) >= 11 is 0. The van der Waals surface area contributed by atoms with Gasteiger partial charge < -0.3 is 15.3 Å². The molecule has 0 aromatic heterocycles. The van der Waals surface area contributed by atoms with Crippen LogP contribution in [-0.2, 0) is 4.79 Å². The largest absolute Gasteiger partial charge is 0.481 e. The van der Waals surface area contributed by atoms with Crippen LogP contribution in [0.2, 0.25) is 0 Å². The number of amides is 2. The van der Waals surface area contributed by atoms with Crippen LogP contribution in [0.15, 0.2) is 0 Å². The second-order valence-corrected chi connectivity index (χ2v) is 6.37. The smallest absolute Gasteiger partial charge is 0.317 e. The number of nitrogens with one attached hydrogen (secondary N) is 1. The highest BCUT2D eigenvalue weighted by Crippen LogP contribution is 2.40. The molecule has 1 saturated carbocycles. The van der Waals surface area contributed by atoms with E-state index < -0.39 is 11.4 Å². The summed E-state index contributed by atoms with van der Waals surface area (Å²) in [4.78, 5) is 27.5. The monoisotopic (exact) mass is 283 g/mol. The number of piperazine rings is 1. The molecule has 2 unspecified atom stereocenters. The maximum Gasteiger partial charge on any atom is 0.317 e. The third-order valence-corrected chi connectivity index (χ3v) is 4.99. The van der Waals surface area contributed by atoms with Crippen molar-refractivity contribution in [3.63, 3.8) is 0 Å². The van der Waals surface area contributed by atoms with Crippen LogP contribution in [0.4, 0.5) is 4.79 Å². The average Bonchev–Trinajstić information content (AvgIpc) is 2.33. The Bertz CT molecular complexity index is 383. The summed E-state index contributed by atoms with van der Waals surface area (Å²) in [6.07, 6.45) is 2.26. The molecule has 20 heavy (non-hydrogen) atoms. The van der Waals surface area contributed by atoms with E-state index in [0.29, 0.717) is 38.0 Å². The molecule has 0 aromatic rings. The van der Waals surface area contributed by atoms with Crippen molar-refractivity contribution in [1.29, 1.82) is 0 Å². The number of carbonyl (C=O) groups excluding carboxylic acids is 1. The van der Waals surface area contributed by atoms with Gasteiger partial charge in [-0.2, -0.15) is 0 Å². The van der Waals surface area contributed by atoms with Crippen LogP contribution in [0.5, 0.6) is 0 Å². The summed E-state index contributed by atoms with van der Waals surface area (Å²) in [5, 5.41) is 12.1. The molecule has 1 saturated heterocycles. The molecule has 2 rings (SSSR count). The fourth-order valence-corrected chi connectivity index (χ4v) is 3.00. The fourth-order valence-electron chi connectivity index (χ4n) is 3.00. The van der Waals surface area contributed by atoms with E-state index in [1.54, 1.807) is 4.90 Å². The fraction of sp³-hybridized carbons (Fsp3) is 0.857. The summed E-state index contributed by atoms with van der Waals surface area (Å²) in [7, 11) is 2.07. The molecule has 2 atom stereocenters. The van der Waals surface area contributed by atoms with Crippen molar-refractivity contribution >= 4 is 12.0 Å². The Morgan fingerprint density at radius 1 is 1.25 bits per heavy atom. The number of carboxylic acids is 1. The zero-order chi connectivity index (χ0) is 14.9. The summed E-state index contributed by atoms with van der Waals surface area (Å²) in [5.41, 5.74) is -0.723. The van der Waals surface area contributed by atoms with Crippen molar-refractivity contribution in [2.45, 2.75) is 45.2 Å². The minimum atomic E-state index is -0.788. The number of likely N-dealkylation sites (N-methyl/N-ethyl adjacent to an activating group) is 1. The maximum absolute atomic E-state index is 12.2. The van der Waals surface area contributed by atoms with Crippen molar-refractivity contribution in [1.82, 2.24) is 15.1 Å². The van der Waals surface area contributed by atoms with Gasteiger partial charge in [0.15, 0.2) is 0 Å². The molecule has 0 spiro atoms. The van der Waals surface area contributed by atoms with E-state index in [9.17, 15) is 14.7 Å². The highest BCUT2D eigenvalue weighted by molar-refractivity contribution is 5.79. The van der Waals surface area contributed by atoms with Crippen LogP contribution in [0.25, 0.3) is 0 Å². The minimum absolute atomic E-state index is 0.135. The zero-order valence-corrected chi connectivity index (χ0v) is 12.6. The molecule has 2 N–H and O–H groups in total. The SMILES string of the molecule is CC1CN(C(=O)NCC2(C(=O)O)CCC2)CC(C)N1C. The van der Waals surface area contributed by atoms with E-state index in [-0.39, 0.29) is 12.6 Å². The molecule has 0 aromatic carbocycles. The number of rotatable bonds is 3. The molecule has 2 aliphatic rings. The minimum Gasteiger partial charge on any atom is -0.481 e. The third kappa shape index (κ3) is 2.75. The molecule has 6 nitrogen and oxygen atoms in total. The zero-order valence-electron chi connectivity index (χ0n) is 12.6. The van der Waals surface area contributed by atoms with Crippen molar-refractivity contribution < 1.29 is 14.7 Å². The van der Waals surface area contributed by atoms with Gasteiger partial charge in [-0.1, -0.05) is 6.42 Å². The summed E-state index contributed by atoms with van der Waals surface area (Å²) in [6.45, 7) is 5.82. The van der Waals surface area contributed by atoms with Crippen molar-refractivity contribution in [2.24, 2.45) is 5.41 Å². The lowest BCUT2D eigenvalue weighted by Gasteiger charge is -2.43. The van der Waals surface area contributed by atoms with Gasteiger partial charge in [0, 0.05) is 31.7 Å². The average molecular weight is 283 g/mol. The van der Waals surface area contributed by atoms with Crippen LogP contribution in [-0.4, -0.2) is 65.7 Å². The summed E-state index contributed by atoms with van der Waals surface area (Å²) in [6, 6.07) is 0.507. The molecule has 114 valence electrons. The van der Waals surface area contributed by atoms with Crippen LogP contribution >= 0.6 is 0 Å². The van der Waals surface area contributed by atoms with Gasteiger partial charge in [-0.15, -0.1) is 0 Å². The number of aliphatic carboxylic acids is 1. The highest BCUT2D eigenvalue weighted by Gasteiger charge is 2.44. The Labute approximate surface area is 120 Å². The van der Waals surface area contributed by atoms with E-state index in [2.05, 4.69) is 31.1 Å². The number of urea groups is 1. The van der Waals surface area contributed by atoms with Crippen molar-refractivity contribution in [2.75, 3.05) is 26.7 Å². The lowest BCUT2D eigenvalue weighted by atomic mass is 9.69. The standard InChI is InChI=1S/C14H25N3O3/c1-10-7-17(8-11(2)16(10)3)13(20)15-9-14(12(18)19)5-4-6-14/h10-11H,4-9H2,1-3H3,(H,15,20)(H,18,19). The summed E-state index contributed by atoms with van der Waals surface area (Å²) in [5.74, 6) is -0.788. The first-order chi connectivity index (χ1) is 9.35. The first-order valence-corrected chi connectivity index (χ1v) is 7.34. The van der Waals surface area contributed by atoms with Gasteiger partial charge in [-0.3, -0.25) is 9.69 Å². The van der Waals surface area contributed by atoms with Crippen molar-refractivity contribution in [3.05, 3.63) is 0 Å². The lowest BCUT2D eigenvalue weighted by molar-refractivity contribution is -0.153. The van der Waals surface area contributed by atoms with Gasteiger partial charge in [0.25, 0.3) is 0 Å². The number of hydrogen-bond acceptors (Lipinski definition) is 3. The third-order valence-electron chi connectivity index (χ3n) is 4.99. The quantitative estimate of drug-likeness (QED) is 0.809. The number of carbonyl (C=O) groups is 2. The molecule has 6 heteroatoms. The first kappa shape index (κ1) is 15.1. The van der Waals surface area contributed by atoms with Gasteiger partial charge in [0.2, 0.25) is 0 Å². The Morgan fingerprint density at radius 3 is 2.20 bits per heavy atom. The topological polar surface area (TPSA) is 72.9 Å². The molecule has 0 bridgehead atoms. The lowest BCUT2D eigenvalue weighted by Crippen LogP contribution is -2.59. The van der Waals surface area contributed by atoms with Crippen LogP contribution < -0.4 is 5.32 Å². The van der Waals surface area contributed by atoms with Gasteiger partial charge in [-0.25, -0.2) is 4.79 Å². The summed E-state index contributed by atoms with van der Waals surface area (Å²) < 4.78 is 0. The second-order valence-electron chi connectivity index (χ2n) is 6.37. The van der Waals surface area contributed by atoms with Gasteiger partial charge in [-0.05, 0) is 33.7 Å². The van der Waals surface area contributed by atoms with Crippen LogP contribution in [0.1, 0.15) is 33.1 Å². The Morgan fingerprint density at radius 2 is 1.80 bits per heavy atom. The van der Waals surface area contributed by atoms with Crippen molar-refractivity contribution in [3.8, 4) is 0 Å². The normalized spacial score (nSPS) is 29.6. The molecule has 0 radical (unpaired) electrons. The molecule has 1 aliphatic heterocycles. The molecule has 1 heterocycles. The molecular formula is C14H25N3O3. The Hall–Kier alpha value is -1.30. The molecule has 2 fully saturated rings. The van der Waals surface area contributed by atoms with E-state index >= 15 is 0 Å². The van der Waals surface area contributed by atoms with Gasteiger partial charge in [0.1, 0.15) is 0 Å². The van der Waals surface area contributed by atoms with E-state index in [4.69, 9.17) is 0 Å². The Kier molecular flexibility index (Phi) is 4.22. The maximum atomic E-state index is 12.2. The van der Waals surface area contributed by atoms with Crippen LogP contribution in [0, 0.1) is 5.41 Å². The first-order valence-electron chi connectivity index (χ1n) is 7.34. The second kappa shape index (κ2) is 5.60.